The SMILES string of the molecule is CC(C)C[C@H](NC(=O)[C@@H](N)CO)C(=O)N1CCC[C@H]1C(=O)N1CCC[C@H]1C(=O)N[C@@H](Cc1cnc[nH]1)C(=O)N[C@@H](CO)C(=O)N[C@@H](CO)C(=O)O. The maximum atomic E-state index is 14.0. The van der Waals surface area contributed by atoms with Crippen LogP contribution in [0.25, 0.3) is 0 Å². The normalized spacial score (nSPS) is 20.2. The first-order valence-corrected chi connectivity index (χ1v) is 16.8. The number of carbonyl (C=O) groups is 7. The highest BCUT2D eigenvalue weighted by atomic mass is 16.4. The number of hydrogen-bond acceptors (Lipinski definition) is 12. The molecule has 0 spiro atoms. The number of rotatable bonds is 18. The number of carbonyl (C=O) groups excluding carboxylic acids is 6. The van der Waals surface area contributed by atoms with E-state index in [4.69, 9.17) is 10.8 Å². The second-order valence-corrected chi connectivity index (χ2v) is 13.0. The van der Waals surface area contributed by atoms with Crippen LogP contribution < -0.4 is 27.0 Å². The van der Waals surface area contributed by atoms with E-state index < -0.39 is 104 Å². The number of aliphatic carboxylic acids is 1. The van der Waals surface area contributed by atoms with Crippen LogP contribution in [-0.4, -0.2) is 157 Å². The molecule has 3 heterocycles. The van der Waals surface area contributed by atoms with Gasteiger partial charge in [0.05, 0.1) is 26.1 Å². The zero-order valence-corrected chi connectivity index (χ0v) is 28.6. The molecule has 2 aliphatic heterocycles. The average Bonchev–Trinajstić information content (AvgIpc) is 3.90. The predicted molar refractivity (Wildman–Crippen MR) is 176 cm³/mol. The molecular formula is C31H49N9O11. The molecule has 20 nitrogen and oxygen atoms in total. The minimum absolute atomic E-state index is 0.0100. The molecule has 6 amide bonds. The Morgan fingerprint density at radius 1 is 0.824 bits per heavy atom. The first-order valence-electron chi connectivity index (χ1n) is 16.8. The van der Waals surface area contributed by atoms with Gasteiger partial charge in [-0.2, -0.15) is 0 Å². The summed E-state index contributed by atoms with van der Waals surface area (Å²) in [6.07, 6.45) is 4.41. The van der Waals surface area contributed by atoms with Crippen molar-refractivity contribution in [3.05, 3.63) is 18.2 Å². The van der Waals surface area contributed by atoms with E-state index in [0.29, 0.717) is 25.0 Å². The topological polar surface area (TPSA) is 310 Å². The second kappa shape index (κ2) is 19.1. The average molecular weight is 724 g/mol. The van der Waals surface area contributed by atoms with E-state index in [1.807, 2.05) is 19.2 Å². The molecule has 0 bridgehead atoms. The third-order valence-corrected chi connectivity index (χ3v) is 8.74. The molecule has 2 fully saturated rings. The molecule has 0 aliphatic carbocycles. The summed E-state index contributed by atoms with van der Waals surface area (Å²) in [4.78, 5) is 101. The summed E-state index contributed by atoms with van der Waals surface area (Å²) in [6.45, 7) is 1.69. The van der Waals surface area contributed by atoms with Crippen LogP contribution >= 0.6 is 0 Å². The Hall–Kier alpha value is -4.66. The number of carboxylic acid groups (broad SMARTS) is 1. The largest absolute Gasteiger partial charge is 0.480 e. The van der Waals surface area contributed by atoms with Gasteiger partial charge in [0.25, 0.3) is 0 Å². The molecule has 1 aromatic heterocycles. The van der Waals surface area contributed by atoms with E-state index in [2.05, 4.69) is 25.9 Å². The van der Waals surface area contributed by atoms with Crippen molar-refractivity contribution in [1.29, 1.82) is 0 Å². The number of carboxylic acids is 1. The highest BCUT2D eigenvalue weighted by molar-refractivity contribution is 5.97. The van der Waals surface area contributed by atoms with Crippen LogP contribution in [0.15, 0.2) is 12.5 Å². The fraction of sp³-hybridized carbons (Fsp3) is 0.677. The molecule has 0 radical (unpaired) electrons. The Labute approximate surface area is 293 Å². The molecule has 2 saturated heterocycles. The summed E-state index contributed by atoms with van der Waals surface area (Å²) < 4.78 is 0. The number of aromatic amines is 1. The monoisotopic (exact) mass is 723 g/mol. The van der Waals surface area contributed by atoms with Crippen LogP contribution in [0.4, 0.5) is 0 Å². The Morgan fingerprint density at radius 3 is 1.98 bits per heavy atom. The second-order valence-electron chi connectivity index (χ2n) is 13.0. The molecule has 2 aliphatic rings. The minimum Gasteiger partial charge on any atom is -0.480 e. The number of likely N-dealkylation sites (tertiary alicyclic amines) is 2. The Balaban J connectivity index is 1.76. The summed E-state index contributed by atoms with van der Waals surface area (Å²) in [5.41, 5.74) is 6.07. The summed E-state index contributed by atoms with van der Waals surface area (Å²) >= 11 is 0. The predicted octanol–water partition coefficient (Wildman–Crippen LogP) is -4.69. The molecule has 11 N–H and O–H groups in total. The van der Waals surface area contributed by atoms with Crippen LogP contribution in [0.5, 0.6) is 0 Å². The number of aromatic nitrogens is 2. The van der Waals surface area contributed by atoms with Crippen LogP contribution in [0.2, 0.25) is 0 Å². The van der Waals surface area contributed by atoms with Crippen molar-refractivity contribution in [3.8, 4) is 0 Å². The summed E-state index contributed by atoms with van der Waals surface area (Å²) in [6, 6.07) is -8.82. The lowest BCUT2D eigenvalue weighted by Crippen LogP contribution is -2.60. The maximum absolute atomic E-state index is 14.0. The summed E-state index contributed by atoms with van der Waals surface area (Å²) in [5.74, 6) is -5.89. The summed E-state index contributed by atoms with van der Waals surface area (Å²) in [7, 11) is 0. The molecule has 51 heavy (non-hydrogen) atoms. The standard InChI is InChI=1S/C31H49N9O11/c1-16(2)9-20(36-25(44)18(32)12-41)29(48)40-8-4-6-24(40)30(49)39-7-3-5-23(39)28(47)35-19(10-17-11-33-15-34-17)26(45)37-21(13-42)27(46)38-22(14-43)31(50)51/h11,15-16,18-24,41-43H,3-10,12-14,32H2,1-2H3,(H,33,34)(H,35,47)(H,36,44)(H,37,45)(H,38,46)(H,50,51)/t18-,19-,20-,21-,22-,23-,24-/m0/s1. The van der Waals surface area contributed by atoms with Gasteiger partial charge in [-0.1, -0.05) is 13.8 Å². The number of hydrogen-bond donors (Lipinski definition) is 10. The van der Waals surface area contributed by atoms with Crippen molar-refractivity contribution < 1.29 is 54.0 Å². The van der Waals surface area contributed by atoms with E-state index >= 15 is 0 Å². The molecule has 0 saturated carbocycles. The summed E-state index contributed by atoms with van der Waals surface area (Å²) in [5, 5.41) is 46.9. The molecule has 0 aromatic carbocycles. The molecule has 20 heteroatoms. The first-order chi connectivity index (χ1) is 24.2. The smallest absolute Gasteiger partial charge is 0.328 e. The van der Waals surface area contributed by atoms with E-state index in [-0.39, 0.29) is 38.3 Å². The van der Waals surface area contributed by atoms with Gasteiger partial charge in [0.15, 0.2) is 0 Å². The highest BCUT2D eigenvalue weighted by Crippen LogP contribution is 2.26. The Kier molecular flexibility index (Phi) is 15.3. The number of imidazole rings is 1. The number of aliphatic hydroxyl groups is 3. The lowest BCUT2D eigenvalue weighted by molar-refractivity contribution is -0.148. The van der Waals surface area contributed by atoms with Gasteiger partial charge >= 0.3 is 5.97 Å². The zero-order valence-electron chi connectivity index (χ0n) is 28.6. The maximum Gasteiger partial charge on any atom is 0.328 e. The van der Waals surface area contributed by atoms with E-state index in [1.54, 1.807) is 0 Å². The third kappa shape index (κ3) is 10.9. The zero-order chi connectivity index (χ0) is 37.8. The molecule has 7 atom stereocenters. The molecule has 284 valence electrons. The molecule has 1 aromatic rings. The van der Waals surface area contributed by atoms with E-state index in [0.717, 1.165) is 0 Å². The Morgan fingerprint density at radius 2 is 1.41 bits per heavy atom. The molecular weight excluding hydrogens is 674 g/mol. The fourth-order valence-corrected chi connectivity index (χ4v) is 6.05. The van der Waals surface area contributed by atoms with Gasteiger partial charge in [0, 0.05) is 31.4 Å². The van der Waals surface area contributed by atoms with Gasteiger partial charge in [-0.15, -0.1) is 0 Å². The van der Waals surface area contributed by atoms with Crippen LogP contribution in [0.1, 0.15) is 51.6 Å². The van der Waals surface area contributed by atoms with Gasteiger partial charge < -0.3 is 62.2 Å². The van der Waals surface area contributed by atoms with Crippen molar-refractivity contribution in [1.82, 2.24) is 41.0 Å². The van der Waals surface area contributed by atoms with E-state index in [1.165, 1.54) is 22.3 Å². The lowest BCUT2D eigenvalue weighted by Gasteiger charge is -2.33. The van der Waals surface area contributed by atoms with Gasteiger partial charge in [-0.05, 0) is 38.0 Å². The third-order valence-electron chi connectivity index (χ3n) is 8.74. The number of aliphatic hydroxyl groups excluding tert-OH is 3. The van der Waals surface area contributed by atoms with Gasteiger partial charge in [-0.3, -0.25) is 28.8 Å². The van der Waals surface area contributed by atoms with Gasteiger partial charge in [-0.25, -0.2) is 9.78 Å². The van der Waals surface area contributed by atoms with Crippen LogP contribution in [-0.2, 0) is 40.0 Å². The van der Waals surface area contributed by atoms with Crippen LogP contribution in [0.3, 0.4) is 0 Å². The van der Waals surface area contributed by atoms with Gasteiger partial charge in [0.1, 0.15) is 42.3 Å². The van der Waals surface area contributed by atoms with Crippen molar-refractivity contribution >= 4 is 41.4 Å². The quantitative estimate of drug-likeness (QED) is 0.0682. The van der Waals surface area contributed by atoms with Gasteiger partial charge in [0.2, 0.25) is 35.4 Å². The number of amides is 6. The van der Waals surface area contributed by atoms with Crippen molar-refractivity contribution in [2.75, 3.05) is 32.9 Å². The van der Waals surface area contributed by atoms with E-state index in [9.17, 15) is 48.9 Å². The minimum atomic E-state index is -1.69. The number of nitrogens with two attached hydrogens (primary N) is 1. The fourth-order valence-electron chi connectivity index (χ4n) is 6.05. The van der Waals surface area contributed by atoms with Crippen molar-refractivity contribution in [2.45, 2.75) is 94.7 Å². The lowest BCUT2D eigenvalue weighted by atomic mass is 10.0. The molecule has 3 rings (SSSR count). The number of nitrogens with zero attached hydrogens (tertiary/aromatic N) is 3. The van der Waals surface area contributed by atoms with Crippen molar-refractivity contribution in [2.24, 2.45) is 11.7 Å². The van der Waals surface area contributed by atoms with Crippen molar-refractivity contribution in [3.63, 3.8) is 0 Å². The number of H-pyrrole nitrogens is 1. The number of nitrogens with one attached hydrogen (secondary N) is 5. The molecule has 0 unspecified atom stereocenters. The van der Waals surface area contributed by atoms with Crippen LogP contribution in [0, 0.1) is 5.92 Å². The Bertz CT molecular complexity index is 1390. The highest BCUT2D eigenvalue weighted by Gasteiger charge is 2.44. The first kappa shape index (κ1) is 40.8.